The first-order valence-electron chi connectivity index (χ1n) is 4.94. The SMILES string of the molecule is CCN(CCO)c1ncc(C(=O)O)cc1N. The van der Waals surface area contributed by atoms with E-state index in [4.69, 9.17) is 15.9 Å². The van der Waals surface area contributed by atoms with E-state index in [1.807, 2.05) is 6.92 Å². The van der Waals surface area contributed by atoms with Crippen molar-refractivity contribution in [2.24, 2.45) is 0 Å². The Morgan fingerprint density at radius 3 is 2.75 bits per heavy atom. The molecule has 16 heavy (non-hydrogen) atoms. The number of nitrogen functional groups attached to an aromatic ring is 1. The molecule has 88 valence electrons. The molecule has 0 unspecified atom stereocenters. The molecule has 1 rings (SSSR count). The lowest BCUT2D eigenvalue weighted by Gasteiger charge is -2.22. The third-order valence-electron chi connectivity index (χ3n) is 2.19. The minimum absolute atomic E-state index is 0.00432. The average molecular weight is 225 g/mol. The number of anilines is 2. The van der Waals surface area contributed by atoms with E-state index in [0.717, 1.165) is 0 Å². The molecule has 6 nitrogen and oxygen atoms in total. The second-order valence-corrected chi connectivity index (χ2v) is 3.25. The number of hydrogen-bond acceptors (Lipinski definition) is 5. The predicted octanol–water partition coefficient (Wildman–Crippen LogP) is 0.181. The molecule has 1 heterocycles. The van der Waals surface area contributed by atoms with Gasteiger partial charge in [-0.25, -0.2) is 9.78 Å². The summed E-state index contributed by atoms with van der Waals surface area (Å²) in [6.45, 7) is 2.96. The number of rotatable bonds is 5. The number of aromatic nitrogens is 1. The van der Waals surface area contributed by atoms with Crippen LogP contribution in [0.2, 0.25) is 0 Å². The van der Waals surface area contributed by atoms with Gasteiger partial charge in [0, 0.05) is 19.3 Å². The van der Waals surface area contributed by atoms with Crippen LogP contribution in [0.3, 0.4) is 0 Å². The van der Waals surface area contributed by atoms with E-state index in [9.17, 15) is 4.79 Å². The van der Waals surface area contributed by atoms with E-state index >= 15 is 0 Å². The molecule has 6 heteroatoms. The van der Waals surface area contributed by atoms with Crippen molar-refractivity contribution in [1.82, 2.24) is 4.98 Å². The van der Waals surface area contributed by atoms with E-state index in [1.54, 1.807) is 4.90 Å². The molecular formula is C10H15N3O3. The maximum Gasteiger partial charge on any atom is 0.337 e. The second-order valence-electron chi connectivity index (χ2n) is 3.25. The zero-order valence-electron chi connectivity index (χ0n) is 9.05. The molecule has 0 saturated heterocycles. The van der Waals surface area contributed by atoms with E-state index < -0.39 is 5.97 Å². The van der Waals surface area contributed by atoms with E-state index in [2.05, 4.69) is 4.98 Å². The molecule has 4 N–H and O–H groups in total. The van der Waals surface area contributed by atoms with Crippen molar-refractivity contribution in [3.63, 3.8) is 0 Å². The van der Waals surface area contributed by atoms with E-state index in [-0.39, 0.29) is 12.2 Å². The highest BCUT2D eigenvalue weighted by Gasteiger charge is 2.12. The summed E-state index contributed by atoms with van der Waals surface area (Å²) >= 11 is 0. The van der Waals surface area contributed by atoms with Gasteiger partial charge in [0.1, 0.15) is 0 Å². The number of hydrogen-bond donors (Lipinski definition) is 3. The Morgan fingerprint density at radius 1 is 1.62 bits per heavy atom. The molecule has 0 spiro atoms. The molecule has 0 aliphatic rings. The van der Waals surface area contributed by atoms with Gasteiger partial charge in [-0.15, -0.1) is 0 Å². The monoisotopic (exact) mass is 225 g/mol. The van der Waals surface area contributed by atoms with Crippen molar-refractivity contribution in [2.75, 3.05) is 30.3 Å². The standard InChI is InChI=1S/C10H15N3O3/c1-2-13(3-4-14)9-8(11)5-7(6-12-9)10(15)16/h5-6,14H,2-4,11H2,1H3,(H,15,16). The van der Waals surface area contributed by atoms with Gasteiger partial charge in [-0.2, -0.15) is 0 Å². The zero-order valence-corrected chi connectivity index (χ0v) is 9.05. The lowest BCUT2D eigenvalue weighted by atomic mass is 10.2. The summed E-state index contributed by atoms with van der Waals surface area (Å²) in [5, 5.41) is 17.6. The maximum absolute atomic E-state index is 10.7. The second kappa shape index (κ2) is 5.32. The highest BCUT2D eigenvalue weighted by Crippen LogP contribution is 2.20. The first-order valence-corrected chi connectivity index (χ1v) is 4.94. The highest BCUT2D eigenvalue weighted by atomic mass is 16.4. The van der Waals surface area contributed by atoms with Crippen LogP contribution < -0.4 is 10.6 Å². The van der Waals surface area contributed by atoms with Gasteiger partial charge >= 0.3 is 5.97 Å². The number of carboxylic acid groups (broad SMARTS) is 1. The molecule has 0 atom stereocenters. The van der Waals surface area contributed by atoms with Crippen LogP contribution in [0.25, 0.3) is 0 Å². The number of aliphatic hydroxyl groups is 1. The molecule has 0 saturated carbocycles. The van der Waals surface area contributed by atoms with Crippen molar-refractivity contribution in [2.45, 2.75) is 6.92 Å². The van der Waals surface area contributed by atoms with Crippen molar-refractivity contribution in [3.8, 4) is 0 Å². The maximum atomic E-state index is 10.7. The fourth-order valence-corrected chi connectivity index (χ4v) is 1.39. The largest absolute Gasteiger partial charge is 0.478 e. The Hall–Kier alpha value is -1.82. The van der Waals surface area contributed by atoms with Gasteiger partial charge in [0.2, 0.25) is 0 Å². The summed E-state index contributed by atoms with van der Waals surface area (Å²) in [7, 11) is 0. The summed E-state index contributed by atoms with van der Waals surface area (Å²) in [6, 6.07) is 1.37. The molecule has 0 radical (unpaired) electrons. The van der Waals surface area contributed by atoms with Gasteiger partial charge in [-0.1, -0.05) is 0 Å². The zero-order chi connectivity index (χ0) is 12.1. The quantitative estimate of drug-likeness (QED) is 0.661. The Balaban J connectivity index is 3.01. The Morgan fingerprint density at radius 2 is 2.31 bits per heavy atom. The molecular weight excluding hydrogens is 210 g/mol. The number of nitrogens with zero attached hydrogens (tertiary/aromatic N) is 2. The fourth-order valence-electron chi connectivity index (χ4n) is 1.39. The number of carboxylic acids is 1. The van der Waals surface area contributed by atoms with Crippen molar-refractivity contribution in [3.05, 3.63) is 17.8 Å². The topological polar surface area (TPSA) is 99.7 Å². The van der Waals surface area contributed by atoms with Gasteiger partial charge in [0.25, 0.3) is 0 Å². The van der Waals surface area contributed by atoms with Crippen LogP contribution in [-0.2, 0) is 0 Å². The molecule has 1 aromatic heterocycles. The van der Waals surface area contributed by atoms with Crippen LogP contribution in [0.4, 0.5) is 11.5 Å². The summed E-state index contributed by atoms with van der Waals surface area (Å²) < 4.78 is 0. The minimum Gasteiger partial charge on any atom is -0.478 e. The minimum atomic E-state index is -1.06. The first kappa shape index (κ1) is 12.3. The third-order valence-corrected chi connectivity index (χ3v) is 2.19. The number of carbonyl (C=O) groups is 1. The van der Waals surface area contributed by atoms with Gasteiger partial charge < -0.3 is 20.8 Å². The Labute approximate surface area is 93.3 Å². The van der Waals surface area contributed by atoms with Crippen LogP contribution in [0.15, 0.2) is 12.3 Å². The number of likely N-dealkylation sites (N-methyl/N-ethyl adjacent to an activating group) is 1. The number of aromatic carboxylic acids is 1. The Bertz CT molecular complexity index is 382. The van der Waals surface area contributed by atoms with Crippen molar-refractivity contribution >= 4 is 17.5 Å². The molecule has 0 aliphatic carbocycles. The number of aliphatic hydroxyl groups excluding tert-OH is 1. The smallest absolute Gasteiger partial charge is 0.337 e. The van der Waals surface area contributed by atoms with Crippen molar-refractivity contribution < 1.29 is 15.0 Å². The van der Waals surface area contributed by atoms with Crippen LogP contribution >= 0.6 is 0 Å². The normalized spacial score (nSPS) is 10.1. The number of pyridine rings is 1. The van der Waals surface area contributed by atoms with Gasteiger partial charge in [-0.3, -0.25) is 0 Å². The molecule has 0 amide bonds. The molecule has 0 aliphatic heterocycles. The van der Waals surface area contributed by atoms with Gasteiger partial charge in [0.05, 0.1) is 17.9 Å². The highest BCUT2D eigenvalue weighted by molar-refractivity contribution is 5.89. The predicted molar refractivity (Wildman–Crippen MR) is 60.6 cm³/mol. The molecule has 1 aromatic rings. The van der Waals surface area contributed by atoms with Crippen molar-refractivity contribution in [1.29, 1.82) is 0 Å². The van der Waals surface area contributed by atoms with E-state index in [0.29, 0.717) is 24.6 Å². The van der Waals surface area contributed by atoms with Gasteiger partial charge in [-0.05, 0) is 13.0 Å². The molecule has 0 aromatic carbocycles. The van der Waals surface area contributed by atoms with Crippen LogP contribution in [-0.4, -0.2) is 40.9 Å². The molecule has 0 fully saturated rings. The summed E-state index contributed by atoms with van der Waals surface area (Å²) in [6.07, 6.45) is 1.26. The lowest BCUT2D eigenvalue weighted by Crippen LogP contribution is -2.28. The number of nitrogens with two attached hydrogens (primary N) is 1. The van der Waals surface area contributed by atoms with Crippen LogP contribution in [0, 0.1) is 0 Å². The third kappa shape index (κ3) is 2.60. The summed E-state index contributed by atoms with van der Waals surface area (Å²) in [4.78, 5) is 16.5. The van der Waals surface area contributed by atoms with Crippen LogP contribution in [0.1, 0.15) is 17.3 Å². The van der Waals surface area contributed by atoms with Gasteiger partial charge in [0.15, 0.2) is 5.82 Å². The average Bonchev–Trinajstić information content (AvgIpc) is 2.26. The van der Waals surface area contributed by atoms with E-state index in [1.165, 1.54) is 12.3 Å². The lowest BCUT2D eigenvalue weighted by molar-refractivity contribution is 0.0696. The first-order chi connectivity index (χ1) is 7.60. The fraction of sp³-hybridized carbons (Fsp3) is 0.400. The van der Waals surface area contributed by atoms with Crippen LogP contribution in [0.5, 0.6) is 0 Å². The summed E-state index contributed by atoms with van der Waals surface area (Å²) in [5.74, 6) is -0.558. The summed E-state index contributed by atoms with van der Waals surface area (Å²) in [5.41, 5.74) is 6.07. The molecule has 0 bridgehead atoms. The Kier molecular flexibility index (Phi) is 4.07.